The number of hydrogen-bond donors (Lipinski definition) is 1. The molecule has 2 aromatic heterocycles. The van der Waals surface area contributed by atoms with Crippen LogP contribution >= 0.6 is 11.3 Å². The number of thiophene rings is 1. The van der Waals surface area contributed by atoms with Crippen LogP contribution in [0.1, 0.15) is 35.7 Å². The largest absolute Gasteiger partial charge is 0.329 e. The predicted octanol–water partition coefficient (Wildman–Crippen LogP) is 2.09. The molecular formula is C23H29N4O2S+. The molecule has 1 aromatic carbocycles. The molecule has 0 saturated carbocycles. The number of para-hydroxylation sites is 1. The van der Waals surface area contributed by atoms with Crippen molar-refractivity contribution in [2.45, 2.75) is 47.2 Å². The summed E-state index contributed by atoms with van der Waals surface area (Å²) < 4.78 is 1.62. The molecule has 158 valence electrons. The van der Waals surface area contributed by atoms with Crippen LogP contribution in [0.2, 0.25) is 0 Å². The first-order chi connectivity index (χ1) is 14.4. The number of aromatic nitrogens is 2. The number of anilines is 1. The third kappa shape index (κ3) is 3.56. The van der Waals surface area contributed by atoms with Crippen LogP contribution in [0.5, 0.6) is 0 Å². The normalized spacial score (nSPS) is 13.4. The lowest BCUT2D eigenvalue weighted by molar-refractivity contribution is -0.911. The van der Waals surface area contributed by atoms with Crippen LogP contribution in [0.15, 0.2) is 29.1 Å². The Morgan fingerprint density at radius 1 is 1.20 bits per heavy atom. The van der Waals surface area contributed by atoms with Crippen molar-refractivity contribution in [1.29, 1.82) is 0 Å². The molecule has 0 atom stereocenters. The van der Waals surface area contributed by atoms with Gasteiger partial charge in [0.25, 0.3) is 5.56 Å². The molecular weight excluding hydrogens is 396 g/mol. The molecule has 6 nitrogen and oxygen atoms in total. The van der Waals surface area contributed by atoms with Crippen molar-refractivity contribution in [2.75, 3.05) is 24.5 Å². The van der Waals surface area contributed by atoms with Gasteiger partial charge in [-0.3, -0.25) is 14.2 Å². The van der Waals surface area contributed by atoms with Crippen molar-refractivity contribution in [2.24, 2.45) is 0 Å². The lowest BCUT2D eigenvalue weighted by Gasteiger charge is -2.21. The Kier molecular flexibility index (Phi) is 5.75. The fraction of sp³-hybridized carbons (Fsp3) is 0.435. The summed E-state index contributed by atoms with van der Waals surface area (Å²) in [5.41, 5.74) is 3.03. The summed E-state index contributed by atoms with van der Waals surface area (Å²) in [4.78, 5) is 36.7. The highest BCUT2D eigenvalue weighted by atomic mass is 32.1. The molecule has 0 fully saturated rings. The second-order valence-electron chi connectivity index (χ2n) is 7.94. The predicted molar refractivity (Wildman–Crippen MR) is 122 cm³/mol. The number of carbonyl (C=O) groups excluding carboxylic acids is 1. The number of carbonyl (C=O) groups is 1. The quantitative estimate of drug-likeness (QED) is 0.658. The van der Waals surface area contributed by atoms with E-state index in [0.29, 0.717) is 24.3 Å². The van der Waals surface area contributed by atoms with Crippen molar-refractivity contribution in [3.63, 3.8) is 0 Å². The van der Waals surface area contributed by atoms with Crippen LogP contribution in [0.25, 0.3) is 10.2 Å². The Hall–Kier alpha value is -2.51. The van der Waals surface area contributed by atoms with E-state index in [0.717, 1.165) is 40.5 Å². The molecule has 30 heavy (non-hydrogen) atoms. The molecule has 0 aliphatic carbocycles. The zero-order valence-corrected chi connectivity index (χ0v) is 18.9. The minimum absolute atomic E-state index is 0.0283. The topological polar surface area (TPSA) is 59.6 Å². The van der Waals surface area contributed by atoms with E-state index >= 15 is 0 Å². The number of nitrogens with zero attached hydrogens (tertiary/aromatic N) is 3. The Morgan fingerprint density at radius 3 is 2.67 bits per heavy atom. The van der Waals surface area contributed by atoms with Crippen molar-refractivity contribution in [1.82, 2.24) is 9.55 Å². The molecule has 0 unspecified atom stereocenters. The molecule has 0 spiro atoms. The van der Waals surface area contributed by atoms with Gasteiger partial charge < -0.3 is 9.80 Å². The van der Waals surface area contributed by atoms with Crippen LogP contribution in [-0.4, -0.2) is 35.1 Å². The number of benzene rings is 1. The number of amides is 1. The SMILES string of the molecule is CC[NH+](CC)Cc1nc2sc(C)c(C)c2c(=O)n1CC(=O)N1CCc2ccccc21. The zero-order valence-electron chi connectivity index (χ0n) is 18.1. The Morgan fingerprint density at radius 2 is 1.93 bits per heavy atom. The maximum absolute atomic E-state index is 13.5. The molecule has 3 aromatic rings. The molecule has 4 rings (SSSR count). The maximum Gasteiger partial charge on any atom is 0.263 e. The number of quaternary nitrogens is 1. The van der Waals surface area contributed by atoms with Gasteiger partial charge in [-0.2, -0.15) is 0 Å². The van der Waals surface area contributed by atoms with Crippen molar-refractivity contribution in [3.8, 4) is 0 Å². The number of nitrogens with one attached hydrogen (secondary N) is 1. The van der Waals surface area contributed by atoms with Crippen LogP contribution < -0.4 is 15.4 Å². The Balaban J connectivity index is 1.76. The first kappa shape index (κ1) is 20.8. The third-order valence-electron chi connectivity index (χ3n) is 6.26. The highest BCUT2D eigenvalue weighted by Gasteiger charge is 2.27. The average molecular weight is 426 g/mol. The molecule has 0 saturated heterocycles. The van der Waals surface area contributed by atoms with Gasteiger partial charge in [0, 0.05) is 17.1 Å². The summed E-state index contributed by atoms with van der Waals surface area (Å²) in [7, 11) is 0. The van der Waals surface area contributed by atoms with Crippen LogP contribution in [0.3, 0.4) is 0 Å². The molecule has 0 radical (unpaired) electrons. The number of rotatable bonds is 6. The lowest BCUT2D eigenvalue weighted by Crippen LogP contribution is -3.10. The van der Waals surface area contributed by atoms with Crippen molar-refractivity contribution >= 4 is 33.1 Å². The van der Waals surface area contributed by atoms with Gasteiger partial charge in [-0.25, -0.2) is 4.98 Å². The van der Waals surface area contributed by atoms with E-state index < -0.39 is 0 Å². The highest BCUT2D eigenvalue weighted by Crippen LogP contribution is 2.28. The molecule has 3 heterocycles. The second-order valence-corrected chi connectivity index (χ2v) is 9.14. The van der Waals surface area contributed by atoms with E-state index in [1.807, 2.05) is 36.9 Å². The van der Waals surface area contributed by atoms with E-state index in [2.05, 4.69) is 19.9 Å². The lowest BCUT2D eigenvalue weighted by atomic mass is 10.2. The summed E-state index contributed by atoms with van der Waals surface area (Å²) in [5.74, 6) is 0.650. The van der Waals surface area contributed by atoms with Crippen LogP contribution in [0, 0.1) is 13.8 Å². The molecule has 0 bridgehead atoms. The minimum atomic E-state index is -0.0933. The first-order valence-corrected chi connectivity index (χ1v) is 11.5. The molecule has 1 aliphatic rings. The smallest absolute Gasteiger partial charge is 0.263 e. The van der Waals surface area contributed by atoms with Crippen LogP contribution in [-0.2, 0) is 24.3 Å². The maximum atomic E-state index is 13.5. The van der Waals surface area contributed by atoms with Gasteiger partial charge >= 0.3 is 0 Å². The second kappa shape index (κ2) is 8.32. The van der Waals surface area contributed by atoms with Gasteiger partial charge in [0.05, 0.1) is 18.5 Å². The van der Waals surface area contributed by atoms with E-state index in [1.54, 1.807) is 15.9 Å². The third-order valence-corrected chi connectivity index (χ3v) is 7.36. The summed E-state index contributed by atoms with van der Waals surface area (Å²) in [6.07, 6.45) is 0.855. The molecule has 1 N–H and O–H groups in total. The molecule has 1 amide bonds. The number of fused-ring (bicyclic) bond motifs is 2. The average Bonchev–Trinajstić information content (AvgIpc) is 3.29. The number of aryl methyl sites for hydroxylation is 2. The zero-order chi connectivity index (χ0) is 21.4. The van der Waals surface area contributed by atoms with Crippen molar-refractivity contribution < 1.29 is 9.69 Å². The summed E-state index contributed by atoms with van der Waals surface area (Å²) >= 11 is 1.56. The monoisotopic (exact) mass is 425 g/mol. The Labute approximate surface area is 180 Å². The van der Waals surface area contributed by atoms with E-state index in [9.17, 15) is 9.59 Å². The van der Waals surface area contributed by atoms with E-state index in [-0.39, 0.29) is 18.0 Å². The van der Waals surface area contributed by atoms with Gasteiger partial charge in [0.1, 0.15) is 17.9 Å². The van der Waals surface area contributed by atoms with Gasteiger partial charge in [-0.15, -0.1) is 11.3 Å². The van der Waals surface area contributed by atoms with Gasteiger partial charge in [0.2, 0.25) is 5.91 Å². The highest BCUT2D eigenvalue weighted by molar-refractivity contribution is 7.18. The standard InChI is InChI=1S/C23H28N4O2S/c1-5-25(6-2)13-19-24-22-21(15(3)16(4)30-22)23(29)27(19)14-20(28)26-12-11-17-9-7-8-10-18(17)26/h7-10H,5-6,11-14H2,1-4H3/p+1. The first-order valence-electron chi connectivity index (χ1n) is 10.7. The fourth-order valence-electron chi connectivity index (χ4n) is 4.21. The minimum Gasteiger partial charge on any atom is -0.329 e. The van der Waals surface area contributed by atoms with Crippen molar-refractivity contribution in [3.05, 3.63) is 56.4 Å². The number of hydrogen-bond acceptors (Lipinski definition) is 4. The van der Waals surface area contributed by atoms with Gasteiger partial charge in [-0.1, -0.05) is 18.2 Å². The summed E-state index contributed by atoms with van der Waals surface area (Å²) in [6.45, 7) is 11.5. The summed E-state index contributed by atoms with van der Waals surface area (Å²) in [5, 5.41) is 0.658. The van der Waals surface area contributed by atoms with Crippen LogP contribution in [0.4, 0.5) is 5.69 Å². The van der Waals surface area contributed by atoms with E-state index in [4.69, 9.17) is 4.98 Å². The Bertz CT molecular complexity index is 1160. The van der Waals surface area contributed by atoms with Gasteiger partial charge in [-0.05, 0) is 51.3 Å². The molecule has 7 heteroatoms. The van der Waals surface area contributed by atoms with Gasteiger partial charge in [0.15, 0.2) is 5.82 Å². The van der Waals surface area contributed by atoms with E-state index in [1.165, 1.54) is 10.5 Å². The summed E-state index contributed by atoms with van der Waals surface area (Å²) in [6, 6.07) is 8.01. The fourth-order valence-corrected chi connectivity index (χ4v) is 5.25. The molecule has 1 aliphatic heterocycles.